The first-order valence-electron chi connectivity index (χ1n) is 10.5. The van der Waals surface area contributed by atoms with Gasteiger partial charge in [0.25, 0.3) is 5.56 Å². The van der Waals surface area contributed by atoms with E-state index in [1.165, 1.54) is 4.68 Å². The Morgan fingerprint density at radius 1 is 1.17 bits per heavy atom. The van der Waals surface area contributed by atoms with Crippen molar-refractivity contribution < 1.29 is 14.6 Å². The molecule has 2 atom stereocenters. The third-order valence-electron chi connectivity index (χ3n) is 5.76. The number of likely N-dealkylation sites (tertiary alicyclic amines) is 1. The van der Waals surface area contributed by atoms with Gasteiger partial charge in [0.1, 0.15) is 6.61 Å². The lowest BCUT2D eigenvalue weighted by atomic mass is 10.1. The molecule has 1 aromatic heterocycles. The van der Waals surface area contributed by atoms with Crippen molar-refractivity contribution in [1.29, 1.82) is 0 Å². The van der Waals surface area contributed by atoms with Crippen LogP contribution in [0.4, 0.5) is 5.69 Å². The Balaban J connectivity index is 1.33. The van der Waals surface area contributed by atoms with Crippen LogP contribution in [0.1, 0.15) is 30.9 Å². The number of aliphatic hydroxyl groups excluding tert-OH is 1. The minimum atomic E-state index is -0.346. The number of ether oxygens (including phenoxy) is 1. The number of esters is 1. The normalized spacial score (nSPS) is 22.2. The van der Waals surface area contributed by atoms with Gasteiger partial charge in [0, 0.05) is 25.7 Å². The van der Waals surface area contributed by atoms with Crippen molar-refractivity contribution in [3.63, 3.8) is 0 Å². The van der Waals surface area contributed by atoms with Crippen LogP contribution in [-0.4, -0.2) is 64.6 Å². The number of aromatic nitrogens is 2. The van der Waals surface area contributed by atoms with Crippen molar-refractivity contribution in [2.75, 3.05) is 37.6 Å². The molecule has 1 N–H and O–H groups in total. The van der Waals surface area contributed by atoms with Gasteiger partial charge < -0.3 is 14.7 Å². The molecule has 0 saturated carbocycles. The summed E-state index contributed by atoms with van der Waals surface area (Å²) in [4.78, 5) is 28.9. The van der Waals surface area contributed by atoms with Gasteiger partial charge in [-0.2, -0.15) is 5.10 Å². The summed E-state index contributed by atoms with van der Waals surface area (Å²) in [6, 6.07) is 11.1. The third kappa shape index (κ3) is 5.06. The van der Waals surface area contributed by atoms with Gasteiger partial charge in [0.15, 0.2) is 0 Å². The fourth-order valence-corrected chi connectivity index (χ4v) is 4.17. The van der Waals surface area contributed by atoms with E-state index in [1.807, 2.05) is 40.1 Å². The van der Waals surface area contributed by atoms with Gasteiger partial charge in [-0.05, 0) is 31.4 Å². The lowest BCUT2D eigenvalue weighted by Gasteiger charge is -2.32. The number of hydrogen-bond donors (Lipinski definition) is 1. The van der Waals surface area contributed by atoms with Gasteiger partial charge in [-0.3, -0.25) is 14.5 Å². The quantitative estimate of drug-likeness (QED) is 0.713. The predicted molar refractivity (Wildman–Crippen MR) is 112 cm³/mol. The summed E-state index contributed by atoms with van der Waals surface area (Å²) in [7, 11) is 0. The first-order chi connectivity index (χ1) is 14.6. The Bertz CT molecular complexity index is 917. The SMILES string of the molecule is O=C(CN1CCC[C@H](n2ncc(N3CC[C@H](O)C3)cc2=O)C1)OCc1ccccc1. The topological polar surface area (TPSA) is 87.9 Å². The molecule has 2 aliphatic rings. The van der Waals surface area contributed by atoms with Crippen molar-refractivity contribution in [3.8, 4) is 0 Å². The molecule has 160 valence electrons. The molecule has 2 aromatic rings. The highest BCUT2D eigenvalue weighted by Crippen LogP contribution is 2.21. The molecule has 8 nitrogen and oxygen atoms in total. The molecule has 4 rings (SSSR count). The molecular formula is C22H28N4O4. The molecule has 0 radical (unpaired) electrons. The number of benzene rings is 1. The molecular weight excluding hydrogens is 384 g/mol. The fourth-order valence-electron chi connectivity index (χ4n) is 4.17. The smallest absolute Gasteiger partial charge is 0.320 e. The summed E-state index contributed by atoms with van der Waals surface area (Å²) in [5, 5.41) is 14.1. The number of rotatable bonds is 6. The monoisotopic (exact) mass is 412 g/mol. The van der Waals surface area contributed by atoms with Gasteiger partial charge in [-0.1, -0.05) is 30.3 Å². The molecule has 3 heterocycles. The van der Waals surface area contributed by atoms with Crippen LogP contribution in [0.15, 0.2) is 47.4 Å². The summed E-state index contributed by atoms with van der Waals surface area (Å²) in [5.74, 6) is -0.261. The molecule has 0 unspecified atom stereocenters. The standard InChI is InChI=1S/C22H28N4O4/c27-20-8-10-25(14-20)19-11-21(28)26(23-12-19)18-7-4-9-24(13-18)15-22(29)30-16-17-5-2-1-3-6-17/h1-3,5-6,11-12,18,20,27H,4,7-10,13-16H2/t18-,20-/m0/s1. The molecule has 0 bridgehead atoms. The largest absolute Gasteiger partial charge is 0.460 e. The number of carbonyl (C=O) groups is 1. The number of piperidine rings is 1. The highest BCUT2D eigenvalue weighted by Gasteiger charge is 2.26. The number of β-amino-alcohol motifs (C(OH)–C–C–N with tert-alkyl or cyclic N) is 1. The summed E-state index contributed by atoms with van der Waals surface area (Å²) < 4.78 is 6.91. The molecule has 0 aliphatic carbocycles. The molecule has 2 saturated heterocycles. The lowest BCUT2D eigenvalue weighted by molar-refractivity contribution is -0.146. The second kappa shape index (κ2) is 9.40. The van der Waals surface area contributed by atoms with E-state index in [-0.39, 0.29) is 36.8 Å². The predicted octanol–water partition coefficient (Wildman–Crippen LogP) is 1.19. The van der Waals surface area contributed by atoms with Crippen LogP contribution in [0.2, 0.25) is 0 Å². The van der Waals surface area contributed by atoms with Crippen molar-refractivity contribution in [3.05, 3.63) is 58.5 Å². The van der Waals surface area contributed by atoms with Crippen LogP contribution in [0, 0.1) is 0 Å². The van der Waals surface area contributed by atoms with Crippen molar-refractivity contribution in [2.24, 2.45) is 0 Å². The number of hydrogen-bond acceptors (Lipinski definition) is 7. The number of nitrogens with zero attached hydrogens (tertiary/aromatic N) is 4. The maximum absolute atomic E-state index is 12.7. The minimum Gasteiger partial charge on any atom is -0.460 e. The summed E-state index contributed by atoms with van der Waals surface area (Å²) in [5.41, 5.74) is 1.57. The molecule has 0 amide bonds. The summed E-state index contributed by atoms with van der Waals surface area (Å²) in [6.07, 6.45) is 3.81. The maximum Gasteiger partial charge on any atom is 0.320 e. The van der Waals surface area contributed by atoms with Crippen LogP contribution in [-0.2, 0) is 16.1 Å². The lowest BCUT2D eigenvalue weighted by Crippen LogP contribution is -2.43. The van der Waals surface area contributed by atoms with Crippen LogP contribution >= 0.6 is 0 Å². The number of aliphatic hydroxyl groups is 1. The van der Waals surface area contributed by atoms with Crippen LogP contribution < -0.4 is 10.5 Å². The fraction of sp³-hybridized carbons (Fsp3) is 0.500. The van der Waals surface area contributed by atoms with E-state index in [0.717, 1.165) is 37.2 Å². The van der Waals surface area contributed by atoms with Crippen LogP contribution in [0.25, 0.3) is 0 Å². The Labute approximate surface area is 175 Å². The maximum atomic E-state index is 12.7. The van der Waals surface area contributed by atoms with Gasteiger partial charge in [-0.25, -0.2) is 4.68 Å². The van der Waals surface area contributed by atoms with E-state index in [1.54, 1.807) is 12.3 Å². The molecule has 8 heteroatoms. The van der Waals surface area contributed by atoms with Gasteiger partial charge in [0.05, 0.1) is 30.6 Å². The number of anilines is 1. The zero-order valence-electron chi connectivity index (χ0n) is 17.0. The average Bonchev–Trinajstić information content (AvgIpc) is 3.19. The summed E-state index contributed by atoms with van der Waals surface area (Å²) >= 11 is 0. The molecule has 1 aromatic carbocycles. The van der Waals surface area contributed by atoms with E-state index >= 15 is 0 Å². The van der Waals surface area contributed by atoms with Gasteiger partial charge >= 0.3 is 5.97 Å². The molecule has 2 aliphatic heterocycles. The van der Waals surface area contributed by atoms with E-state index in [4.69, 9.17) is 4.74 Å². The summed E-state index contributed by atoms with van der Waals surface area (Å²) in [6.45, 7) is 3.14. The second-order valence-corrected chi connectivity index (χ2v) is 8.06. The zero-order valence-corrected chi connectivity index (χ0v) is 17.0. The molecule has 30 heavy (non-hydrogen) atoms. The van der Waals surface area contributed by atoms with Crippen LogP contribution in [0.5, 0.6) is 0 Å². The van der Waals surface area contributed by atoms with Gasteiger partial charge in [-0.15, -0.1) is 0 Å². The Morgan fingerprint density at radius 3 is 2.73 bits per heavy atom. The van der Waals surface area contributed by atoms with E-state index in [0.29, 0.717) is 19.5 Å². The van der Waals surface area contributed by atoms with E-state index < -0.39 is 0 Å². The number of carbonyl (C=O) groups excluding carboxylic acids is 1. The van der Waals surface area contributed by atoms with Crippen molar-refractivity contribution >= 4 is 11.7 Å². The zero-order chi connectivity index (χ0) is 20.9. The second-order valence-electron chi connectivity index (χ2n) is 8.06. The van der Waals surface area contributed by atoms with Gasteiger partial charge in [0.2, 0.25) is 0 Å². The first-order valence-corrected chi connectivity index (χ1v) is 10.5. The van der Waals surface area contributed by atoms with E-state index in [9.17, 15) is 14.7 Å². The minimum absolute atomic E-state index is 0.0635. The van der Waals surface area contributed by atoms with Crippen molar-refractivity contribution in [2.45, 2.75) is 38.0 Å². The first kappa shape index (κ1) is 20.6. The average molecular weight is 412 g/mol. The highest BCUT2D eigenvalue weighted by molar-refractivity contribution is 5.71. The van der Waals surface area contributed by atoms with Crippen molar-refractivity contribution in [1.82, 2.24) is 14.7 Å². The van der Waals surface area contributed by atoms with Crippen LogP contribution in [0.3, 0.4) is 0 Å². The Morgan fingerprint density at radius 2 is 2.00 bits per heavy atom. The Kier molecular flexibility index (Phi) is 6.44. The van der Waals surface area contributed by atoms with E-state index in [2.05, 4.69) is 5.10 Å². The molecule has 2 fully saturated rings. The highest BCUT2D eigenvalue weighted by atomic mass is 16.5. The molecule has 0 spiro atoms. The third-order valence-corrected chi connectivity index (χ3v) is 5.76. The Hall–Kier alpha value is -2.71.